The Hall–Kier alpha value is -3.02. The summed E-state index contributed by atoms with van der Waals surface area (Å²) >= 11 is 0. The molecule has 0 aromatic heterocycles. The number of hydrogen-bond donors (Lipinski definition) is 2. The zero-order valence-corrected chi connectivity index (χ0v) is 14.8. The highest BCUT2D eigenvalue weighted by Crippen LogP contribution is 2.28. The average molecular weight is 342 g/mol. The zero-order valence-electron chi connectivity index (χ0n) is 14.8. The van der Waals surface area contributed by atoms with E-state index in [1.807, 2.05) is 13.8 Å². The fourth-order valence-electron chi connectivity index (χ4n) is 2.37. The molecule has 2 aromatic carbocycles. The summed E-state index contributed by atoms with van der Waals surface area (Å²) in [5, 5.41) is 5.42. The van der Waals surface area contributed by atoms with E-state index in [9.17, 15) is 9.59 Å². The molecule has 25 heavy (non-hydrogen) atoms. The monoisotopic (exact) mass is 342 g/mol. The number of carbonyl (C=O) groups is 2. The van der Waals surface area contributed by atoms with Gasteiger partial charge in [-0.15, -0.1) is 0 Å². The lowest BCUT2D eigenvalue weighted by Crippen LogP contribution is -2.18. The Morgan fingerprint density at radius 1 is 1.00 bits per heavy atom. The third-order valence-electron chi connectivity index (χ3n) is 3.69. The van der Waals surface area contributed by atoms with Gasteiger partial charge in [0.05, 0.1) is 13.7 Å². The topological polar surface area (TPSA) is 76.7 Å². The summed E-state index contributed by atoms with van der Waals surface area (Å²) in [6, 6.07) is 10.1. The quantitative estimate of drug-likeness (QED) is 0.846. The number of aryl methyl sites for hydroxylation is 1. The summed E-state index contributed by atoms with van der Waals surface area (Å²) in [5.41, 5.74) is 2.44. The van der Waals surface area contributed by atoms with Crippen LogP contribution in [0.1, 0.15) is 33.2 Å². The van der Waals surface area contributed by atoms with Crippen molar-refractivity contribution in [3.8, 4) is 11.5 Å². The van der Waals surface area contributed by atoms with Gasteiger partial charge in [-0.1, -0.05) is 0 Å². The molecule has 0 heterocycles. The van der Waals surface area contributed by atoms with Crippen molar-refractivity contribution in [1.29, 1.82) is 0 Å². The van der Waals surface area contributed by atoms with Gasteiger partial charge in [-0.2, -0.15) is 0 Å². The summed E-state index contributed by atoms with van der Waals surface area (Å²) in [4.78, 5) is 24.1. The van der Waals surface area contributed by atoms with Crippen LogP contribution in [0.2, 0.25) is 0 Å². The lowest BCUT2D eigenvalue weighted by molar-refractivity contribution is 0.0962. The molecule has 2 rings (SSSR count). The molecule has 0 saturated heterocycles. The summed E-state index contributed by atoms with van der Waals surface area (Å²) in [5.74, 6) is 0.656. The van der Waals surface area contributed by atoms with Crippen LogP contribution < -0.4 is 20.1 Å². The minimum Gasteiger partial charge on any atom is -0.493 e. The molecule has 0 aliphatic carbocycles. The molecule has 0 aliphatic rings. The first kappa shape index (κ1) is 18.3. The molecular weight excluding hydrogens is 320 g/mol. The lowest BCUT2D eigenvalue weighted by atomic mass is 10.1. The number of ether oxygens (including phenoxy) is 2. The van der Waals surface area contributed by atoms with Gasteiger partial charge in [0.2, 0.25) is 0 Å². The van der Waals surface area contributed by atoms with Gasteiger partial charge in [0, 0.05) is 23.9 Å². The third kappa shape index (κ3) is 4.29. The van der Waals surface area contributed by atoms with Crippen LogP contribution in [0.25, 0.3) is 0 Å². The fourth-order valence-corrected chi connectivity index (χ4v) is 2.37. The van der Waals surface area contributed by atoms with Crippen molar-refractivity contribution in [3.05, 3.63) is 53.1 Å². The molecule has 0 fully saturated rings. The van der Waals surface area contributed by atoms with E-state index in [2.05, 4.69) is 10.6 Å². The molecule has 0 radical (unpaired) electrons. The van der Waals surface area contributed by atoms with E-state index in [4.69, 9.17) is 9.47 Å². The Balaban J connectivity index is 2.21. The molecule has 2 aromatic rings. The zero-order chi connectivity index (χ0) is 18.4. The van der Waals surface area contributed by atoms with Gasteiger partial charge in [0.1, 0.15) is 0 Å². The van der Waals surface area contributed by atoms with Crippen molar-refractivity contribution in [1.82, 2.24) is 5.32 Å². The molecule has 6 heteroatoms. The maximum atomic E-state index is 12.5. The second-order valence-corrected chi connectivity index (χ2v) is 5.36. The first-order valence-corrected chi connectivity index (χ1v) is 7.95. The number of methoxy groups -OCH3 is 1. The molecule has 132 valence electrons. The Labute approximate surface area is 147 Å². The van der Waals surface area contributed by atoms with Gasteiger partial charge in [-0.25, -0.2) is 0 Å². The molecule has 0 unspecified atom stereocenters. The lowest BCUT2D eigenvalue weighted by Gasteiger charge is -2.12. The maximum Gasteiger partial charge on any atom is 0.255 e. The first-order chi connectivity index (χ1) is 12.0. The molecular formula is C19H22N2O4. The van der Waals surface area contributed by atoms with Gasteiger partial charge in [-0.05, 0) is 55.8 Å². The highest BCUT2D eigenvalue weighted by atomic mass is 16.5. The van der Waals surface area contributed by atoms with E-state index in [1.165, 1.54) is 7.11 Å². The van der Waals surface area contributed by atoms with E-state index >= 15 is 0 Å². The van der Waals surface area contributed by atoms with Crippen LogP contribution in [0.5, 0.6) is 11.5 Å². The number of carbonyl (C=O) groups excluding carboxylic acids is 2. The van der Waals surface area contributed by atoms with Gasteiger partial charge in [-0.3, -0.25) is 9.59 Å². The van der Waals surface area contributed by atoms with Crippen molar-refractivity contribution in [3.63, 3.8) is 0 Å². The van der Waals surface area contributed by atoms with Crippen LogP contribution in [0.3, 0.4) is 0 Å². The van der Waals surface area contributed by atoms with Crippen molar-refractivity contribution >= 4 is 17.5 Å². The van der Waals surface area contributed by atoms with Gasteiger partial charge in [0.15, 0.2) is 11.5 Å². The predicted molar refractivity (Wildman–Crippen MR) is 96.7 cm³/mol. The van der Waals surface area contributed by atoms with Crippen LogP contribution in [-0.4, -0.2) is 32.6 Å². The standard InChI is InChI=1S/C19H22N2O4/c1-5-25-16-9-7-14(11-17(16)24-4)19(23)21-15-8-6-13(10-12(15)2)18(22)20-3/h6-11H,5H2,1-4H3,(H,20,22)(H,21,23). The van der Waals surface area contributed by atoms with Crippen LogP contribution >= 0.6 is 0 Å². The smallest absolute Gasteiger partial charge is 0.255 e. The van der Waals surface area contributed by atoms with E-state index in [1.54, 1.807) is 43.4 Å². The van der Waals surface area contributed by atoms with Crippen LogP contribution in [0.4, 0.5) is 5.69 Å². The van der Waals surface area contributed by atoms with Gasteiger partial charge >= 0.3 is 0 Å². The highest BCUT2D eigenvalue weighted by Gasteiger charge is 2.13. The summed E-state index contributed by atoms with van der Waals surface area (Å²) in [7, 11) is 3.11. The van der Waals surface area contributed by atoms with E-state index in [-0.39, 0.29) is 11.8 Å². The Morgan fingerprint density at radius 2 is 1.68 bits per heavy atom. The van der Waals surface area contributed by atoms with Crippen molar-refractivity contribution in [2.24, 2.45) is 0 Å². The van der Waals surface area contributed by atoms with E-state index in [0.29, 0.717) is 34.9 Å². The van der Waals surface area contributed by atoms with Crippen molar-refractivity contribution < 1.29 is 19.1 Å². The number of anilines is 1. The highest BCUT2D eigenvalue weighted by molar-refractivity contribution is 6.05. The molecule has 6 nitrogen and oxygen atoms in total. The van der Waals surface area contributed by atoms with Crippen LogP contribution in [-0.2, 0) is 0 Å². The van der Waals surface area contributed by atoms with Gasteiger partial charge in [0.25, 0.3) is 11.8 Å². The summed E-state index contributed by atoms with van der Waals surface area (Å²) in [6.45, 7) is 4.23. The SMILES string of the molecule is CCOc1ccc(C(=O)Nc2ccc(C(=O)NC)cc2C)cc1OC. The number of rotatable bonds is 6. The Morgan fingerprint density at radius 3 is 2.28 bits per heavy atom. The second kappa shape index (κ2) is 8.19. The minimum absolute atomic E-state index is 0.169. The Kier molecular flexibility index (Phi) is 6.00. The first-order valence-electron chi connectivity index (χ1n) is 7.95. The summed E-state index contributed by atoms with van der Waals surface area (Å²) in [6.07, 6.45) is 0. The normalized spacial score (nSPS) is 10.1. The molecule has 0 spiro atoms. The predicted octanol–water partition coefficient (Wildman–Crippen LogP) is 3.01. The molecule has 2 amide bonds. The number of benzene rings is 2. The number of nitrogens with one attached hydrogen (secondary N) is 2. The number of hydrogen-bond acceptors (Lipinski definition) is 4. The Bertz CT molecular complexity index is 787. The van der Waals surface area contributed by atoms with Gasteiger partial charge < -0.3 is 20.1 Å². The largest absolute Gasteiger partial charge is 0.493 e. The fraction of sp³-hybridized carbons (Fsp3) is 0.263. The molecule has 0 aliphatic heterocycles. The molecule has 2 N–H and O–H groups in total. The van der Waals surface area contributed by atoms with Crippen molar-refractivity contribution in [2.45, 2.75) is 13.8 Å². The minimum atomic E-state index is -0.267. The van der Waals surface area contributed by atoms with E-state index < -0.39 is 0 Å². The summed E-state index contributed by atoms with van der Waals surface area (Å²) < 4.78 is 10.7. The van der Waals surface area contributed by atoms with E-state index in [0.717, 1.165) is 5.56 Å². The molecule has 0 atom stereocenters. The molecule has 0 saturated carbocycles. The average Bonchev–Trinajstić information content (AvgIpc) is 2.63. The number of amides is 2. The maximum absolute atomic E-state index is 12.5. The third-order valence-corrected chi connectivity index (χ3v) is 3.69. The second-order valence-electron chi connectivity index (χ2n) is 5.36. The van der Waals surface area contributed by atoms with Crippen LogP contribution in [0.15, 0.2) is 36.4 Å². The van der Waals surface area contributed by atoms with Crippen molar-refractivity contribution in [2.75, 3.05) is 26.1 Å². The molecule has 0 bridgehead atoms. The van der Waals surface area contributed by atoms with Crippen LogP contribution in [0, 0.1) is 6.92 Å².